The fourth-order valence-corrected chi connectivity index (χ4v) is 2.51. The molecule has 0 fully saturated rings. The van der Waals surface area contributed by atoms with Crippen LogP contribution in [-0.2, 0) is 16.0 Å². The van der Waals surface area contributed by atoms with E-state index in [0.717, 1.165) is 0 Å². The molecule has 1 aromatic carbocycles. The molecule has 1 aliphatic heterocycles. The molecule has 2 atom stereocenters. The molecule has 1 amide bonds. The van der Waals surface area contributed by atoms with Gasteiger partial charge in [-0.1, -0.05) is 25.1 Å². The van der Waals surface area contributed by atoms with Gasteiger partial charge in [-0.3, -0.25) is 9.69 Å². The van der Waals surface area contributed by atoms with Crippen LogP contribution in [0.4, 0.5) is 18.9 Å². The van der Waals surface area contributed by atoms with Gasteiger partial charge >= 0.3 is 18.1 Å². The molecule has 0 spiro atoms. The molecule has 4 nitrogen and oxygen atoms in total. The van der Waals surface area contributed by atoms with Crippen LogP contribution in [0.5, 0.6) is 0 Å². The molecule has 1 aliphatic rings. The topological polar surface area (TPSA) is 57.6 Å². The monoisotopic (exact) mass is 287 g/mol. The Labute approximate surface area is 112 Å². The molecule has 0 unspecified atom stereocenters. The van der Waals surface area contributed by atoms with E-state index in [-0.39, 0.29) is 5.69 Å². The van der Waals surface area contributed by atoms with Crippen molar-refractivity contribution in [1.82, 2.24) is 0 Å². The summed E-state index contributed by atoms with van der Waals surface area (Å²) in [5.74, 6) is -4.19. The maximum absolute atomic E-state index is 12.7. The molecule has 1 N–H and O–H groups in total. The number of para-hydroxylation sites is 1. The van der Waals surface area contributed by atoms with E-state index in [9.17, 15) is 22.8 Å². The number of anilines is 1. The Bertz CT molecular complexity index is 556. The number of alkyl halides is 3. The lowest BCUT2D eigenvalue weighted by molar-refractivity contribution is -0.172. The number of carbonyl (C=O) groups is 2. The maximum Gasteiger partial charge on any atom is 0.471 e. The highest BCUT2D eigenvalue weighted by molar-refractivity contribution is 6.03. The summed E-state index contributed by atoms with van der Waals surface area (Å²) in [5, 5.41) is 9.16. The van der Waals surface area contributed by atoms with Crippen molar-refractivity contribution in [2.45, 2.75) is 25.6 Å². The SMILES string of the molecule is C[C@@H]1Cc2ccccc2N(C(=O)C(F)(F)F)[C@@H]1C(=O)O. The zero-order chi connectivity index (χ0) is 15.1. The summed E-state index contributed by atoms with van der Waals surface area (Å²) in [7, 11) is 0. The summed E-state index contributed by atoms with van der Waals surface area (Å²) in [4.78, 5) is 23.2. The summed E-state index contributed by atoms with van der Waals surface area (Å²) in [6.07, 6.45) is -4.80. The third kappa shape index (κ3) is 2.35. The number of hydrogen-bond donors (Lipinski definition) is 1. The first-order chi connectivity index (χ1) is 9.23. The van der Waals surface area contributed by atoms with Crippen LogP contribution in [0.3, 0.4) is 0 Å². The third-order valence-corrected chi connectivity index (χ3v) is 3.32. The third-order valence-electron chi connectivity index (χ3n) is 3.32. The lowest BCUT2D eigenvalue weighted by Crippen LogP contribution is -2.56. The fraction of sp³-hybridized carbons (Fsp3) is 0.385. The molecule has 20 heavy (non-hydrogen) atoms. The Morgan fingerprint density at radius 3 is 2.45 bits per heavy atom. The van der Waals surface area contributed by atoms with Crippen LogP contribution >= 0.6 is 0 Å². The first kappa shape index (κ1) is 14.4. The van der Waals surface area contributed by atoms with Gasteiger partial charge in [0.15, 0.2) is 0 Å². The molecule has 2 rings (SSSR count). The minimum Gasteiger partial charge on any atom is -0.480 e. The van der Waals surface area contributed by atoms with E-state index in [4.69, 9.17) is 5.11 Å². The number of aliphatic carboxylic acids is 1. The number of benzene rings is 1. The van der Waals surface area contributed by atoms with Gasteiger partial charge in [0.2, 0.25) is 0 Å². The first-order valence-electron chi connectivity index (χ1n) is 5.94. The molecular weight excluding hydrogens is 275 g/mol. The van der Waals surface area contributed by atoms with Crippen molar-refractivity contribution in [1.29, 1.82) is 0 Å². The summed E-state index contributed by atoms with van der Waals surface area (Å²) < 4.78 is 38.1. The normalized spacial score (nSPS) is 22.3. The Morgan fingerprint density at radius 2 is 1.90 bits per heavy atom. The Morgan fingerprint density at radius 1 is 1.30 bits per heavy atom. The zero-order valence-electron chi connectivity index (χ0n) is 10.5. The van der Waals surface area contributed by atoms with Crippen molar-refractivity contribution >= 4 is 17.6 Å². The van der Waals surface area contributed by atoms with E-state index < -0.39 is 30.0 Å². The fourth-order valence-electron chi connectivity index (χ4n) is 2.51. The Hall–Kier alpha value is -2.05. The van der Waals surface area contributed by atoms with Gasteiger partial charge in [0.1, 0.15) is 6.04 Å². The summed E-state index contributed by atoms with van der Waals surface area (Å²) in [6.45, 7) is 1.52. The van der Waals surface area contributed by atoms with Gasteiger partial charge in [-0.05, 0) is 24.0 Å². The van der Waals surface area contributed by atoms with Gasteiger partial charge < -0.3 is 5.11 Å². The first-order valence-corrected chi connectivity index (χ1v) is 5.94. The Balaban J connectivity index is 2.57. The molecule has 7 heteroatoms. The number of amides is 1. The molecule has 0 radical (unpaired) electrons. The van der Waals surface area contributed by atoms with Gasteiger partial charge in [-0.2, -0.15) is 13.2 Å². The summed E-state index contributed by atoms with van der Waals surface area (Å²) in [5.41, 5.74) is 0.551. The minimum absolute atomic E-state index is 0.0142. The number of rotatable bonds is 1. The minimum atomic E-state index is -5.11. The second kappa shape index (κ2) is 4.81. The summed E-state index contributed by atoms with van der Waals surface area (Å²) >= 11 is 0. The van der Waals surface area contributed by atoms with Crippen LogP contribution in [0, 0.1) is 5.92 Å². The molecule has 108 valence electrons. The second-order valence-electron chi connectivity index (χ2n) is 4.77. The van der Waals surface area contributed by atoms with Crippen molar-refractivity contribution in [3.63, 3.8) is 0 Å². The van der Waals surface area contributed by atoms with Crippen molar-refractivity contribution in [2.24, 2.45) is 5.92 Å². The summed E-state index contributed by atoms with van der Waals surface area (Å²) in [6, 6.07) is 4.54. The average Bonchev–Trinajstić information content (AvgIpc) is 2.34. The number of fused-ring (bicyclic) bond motifs is 1. The highest BCUT2D eigenvalue weighted by Gasteiger charge is 2.50. The van der Waals surface area contributed by atoms with Crippen molar-refractivity contribution in [3.8, 4) is 0 Å². The molecule has 0 aliphatic carbocycles. The highest BCUT2D eigenvalue weighted by Crippen LogP contribution is 2.36. The quantitative estimate of drug-likeness (QED) is 0.861. The van der Waals surface area contributed by atoms with Gasteiger partial charge in [0.25, 0.3) is 0 Å². The number of carboxylic acid groups (broad SMARTS) is 1. The molecule has 0 saturated carbocycles. The van der Waals surface area contributed by atoms with Crippen LogP contribution < -0.4 is 4.90 Å². The van der Waals surface area contributed by atoms with Gasteiger partial charge in [0, 0.05) is 5.69 Å². The molecule has 0 bridgehead atoms. The standard InChI is InChI=1S/C13H12F3NO3/c1-7-6-8-4-2-3-5-9(8)17(10(7)11(18)19)12(20)13(14,15)16/h2-5,7,10H,6H2,1H3,(H,18,19)/t7-,10+/m1/s1. The smallest absolute Gasteiger partial charge is 0.471 e. The van der Waals surface area contributed by atoms with Crippen LogP contribution in [-0.4, -0.2) is 29.2 Å². The van der Waals surface area contributed by atoms with Crippen molar-refractivity contribution in [3.05, 3.63) is 29.8 Å². The van der Waals surface area contributed by atoms with Crippen LogP contribution in [0.2, 0.25) is 0 Å². The van der Waals surface area contributed by atoms with E-state index in [1.807, 2.05) is 0 Å². The Kier molecular flexibility index (Phi) is 3.45. The predicted molar refractivity (Wildman–Crippen MR) is 64.3 cm³/mol. The number of nitrogens with zero attached hydrogens (tertiary/aromatic N) is 1. The average molecular weight is 287 g/mol. The van der Waals surface area contributed by atoms with E-state index in [1.54, 1.807) is 12.1 Å². The van der Waals surface area contributed by atoms with Gasteiger partial charge in [0.05, 0.1) is 0 Å². The number of carboxylic acids is 1. The largest absolute Gasteiger partial charge is 0.480 e. The van der Waals surface area contributed by atoms with E-state index in [0.29, 0.717) is 16.9 Å². The van der Waals surface area contributed by atoms with Crippen LogP contribution in [0.25, 0.3) is 0 Å². The number of hydrogen-bond acceptors (Lipinski definition) is 2. The highest BCUT2D eigenvalue weighted by atomic mass is 19.4. The van der Waals surface area contributed by atoms with Crippen LogP contribution in [0.15, 0.2) is 24.3 Å². The lowest BCUT2D eigenvalue weighted by Gasteiger charge is -2.38. The number of halogens is 3. The van der Waals surface area contributed by atoms with Gasteiger partial charge in [-0.15, -0.1) is 0 Å². The second-order valence-corrected chi connectivity index (χ2v) is 4.77. The molecule has 0 aromatic heterocycles. The molecular formula is C13H12F3NO3. The van der Waals surface area contributed by atoms with Crippen molar-refractivity contribution in [2.75, 3.05) is 4.90 Å². The van der Waals surface area contributed by atoms with Crippen LogP contribution in [0.1, 0.15) is 12.5 Å². The predicted octanol–water partition coefficient (Wildman–Crippen LogP) is 2.23. The maximum atomic E-state index is 12.7. The molecule has 1 aromatic rings. The zero-order valence-corrected chi connectivity index (χ0v) is 10.5. The van der Waals surface area contributed by atoms with E-state index in [1.165, 1.54) is 19.1 Å². The molecule has 1 heterocycles. The van der Waals surface area contributed by atoms with E-state index >= 15 is 0 Å². The number of carbonyl (C=O) groups excluding carboxylic acids is 1. The molecule has 0 saturated heterocycles. The van der Waals surface area contributed by atoms with E-state index in [2.05, 4.69) is 0 Å². The van der Waals surface area contributed by atoms with Crippen molar-refractivity contribution < 1.29 is 27.9 Å². The van der Waals surface area contributed by atoms with Gasteiger partial charge in [-0.25, -0.2) is 4.79 Å². The lowest BCUT2D eigenvalue weighted by atomic mass is 9.86.